The monoisotopic (exact) mass is 776 g/mol. The summed E-state index contributed by atoms with van der Waals surface area (Å²) in [5.41, 5.74) is 10.4. The first-order valence-electron chi connectivity index (χ1n) is 20.3. The highest BCUT2D eigenvalue weighted by molar-refractivity contribution is 6.98. The Balaban J connectivity index is 0.936. The number of ether oxygens (including phenoxy) is 3. The van der Waals surface area contributed by atoms with Gasteiger partial charge in [-0.05, 0) is 94.7 Å². The van der Waals surface area contributed by atoms with Gasteiger partial charge in [-0.2, -0.15) is 0 Å². The van der Waals surface area contributed by atoms with Crippen molar-refractivity contribution in [2.75, 3.05) is 0 Å². The number of hydrogen-bond donors (Lipinski definition) is 0. The van der Waals surface area contributed by atoms with Crippen molar-refractivity contribution in [3.8, 4) is 51.7 Å². The zero-order valence-electron chi connectivity index (χ0n) is 33.3. The van der Waals surface area contributed by atoms with Gasteiger partial charge in [-0.3, -0.25) is 13.7 Å². The molecule has 60 heavy (non-hydrogen) atoms. The number of imidazole rings is 1. The summed E-state index contributed by atoms with van der Waals surface area (Å²) in [6, 6.07) is 56.4. The molecule has 0 spiro atoms. The fraction of sp³-hybridized carbons (Fsp3) is 0.0769. The molecule has 2 aliphatic rings. The molecule has 5 heterocycles. The number of rotatable bonds is 5. The summed E-state index contributed by atoms with van der Waals surface area (Å²) in [6.07, 6.45) is 5.58. The molecule has 0 saturated heterocycles. The molecule has 3 aromatic heterocycles. The van der Waals surface area contributed by atoms with Crippen LogP contribution in [0.4, 0.5) is 0 Å². The fourth-order valence-corrected chi connectivity index (χ4v) is 9.04. The molecule has 0 N–H and O–H groups in total. The molecular formula is C52H37BN4O3. The maximum atomic E-state index is 6.68. The summed E-state index contributed by atoms with van der Waals surface area (Å²) in [6.45, 7) is 6.70. The molecule has 7 aromatic carbocycles. The number of pyridine rings is 1. The van der Waals surface area contributed by atoms with Crippen LogP contribution in [-0.2, 0) is 5.41 Å². The molecule has 7 nitrogen and oxygen atoms in total. The smallest absolute Gasteiger partial charge is 0.269 e. The van der Waals surface area contributed by atoms with Crippen LogP contribution in [0.3, 0.4) is 0 Å². The van der Waals surface area contributed by atoms with E-state index in [9.17, 15) is 0 Å². The Morgan fingerprint density at radius 2 is 1.27 bits per heavy atom. The lowest BCUT2D eigenvalue weighted by Crippen LogP contribution is -2.57. The van der Waals surface area contributed by atoms with Gasteiger partial charge in [0, 0.05) is 28.5 Å². The lowest BCUT2D eigenvalue weighted by Gasteiger charge is -2.33. The normalized spacial score (nSPS) is 12.8. The number of benzene rings is 7. The van der Waals surface area contributed by atoms with Gasteiger partial charge < -0.3 is 14.2 Å². The summed E-state index contributed by atoms with van der Waals surface area (Å²) >= 11 is 0. The molecule has 12 rings (SSSR count). The lowest BCUT2D eigenvalue weighted by molar-refractivity contribution is -0.572. The standard InChI is InChI=1S/C52H37BN4O3/c1-52(2,3)33-25-26-54-50(27-33)57-42-18-7-4-15-38(42)39-24-23-37(31-45(39)57)58-36-14-12-13-34(28-36)55-32-56(44-20-9-8-19-43(44)55)35-29-48-51-49(30-35)60-47-22-11-6-17-41(47)53(51)40-16-5-10-21-46(40)59-48/h4-31H,1-3H3. The van der Waals surface area contributed by atoms with Gasteiger partial charge in [0.15, 0.2) is 0 Å². The van der Waals surface area contributed by atoms with E-state index in [4.69, 9.17) is 19.2 Å². The summed E-state index contributed by atoms with van der Waals surface area (Å²) in [5, 5.41) is 2.31. The highest BCUT2D eigenvalue weighted by atomic mass is 16.5. The van der Waals surface area contributed by atoms with Gasteiger partial charge in [0.1, 0.15) is 40.3 Å². The van der Waals surface area contributed by atoms with Crippen molar-refractivity contribution in [1.29, 1.82) is 0 Å². The topological polar surface area (TPSA) is 54.3 Å². The summed E-state index contributed by atoms with van der Waals surface area (Å²) < 4.78 is 26.4. The Bertz CT molecular complexity index is 3310. The van der Waals surface area contributed by atoms with Crippen LogP contribution in [0.15, 0.2) is 170 Å². The van der Waals surface area contributed by atoms with Crippen molar-refractivity contribution < 1.29 is 18.8 Å². The maximum absolute atomic E-state index is 6.68. The van der Waals surface area contributed by atoms with Gasteiger partial charge in [0.2, 0.25) is 0 Å². The highest BCUT2D eigenvalue weighted by Gasteiger charge is 2.40. The zero-order chi connectivity index (χ0) is 40.1. The molecule has 0 saturated carbocycles. The van der Waals surface area contributed by atoms with E-state index in [-0.39, 0.29) is 12.1 Å². The molecule has 0 aliphatic carbocycles. The molecule has 0 bridgehead atoms. The van der Waals surface area contributed by atoms with Gasteiger partial charge in [-0.25, -0.2) is 4.98 Å². The molecule has 0 amide bonds. The minimum absolute atomic E-state index is 0.0115. The Labute approximate surface area is 347 Å². The molecule has 2 aliphatic heterocycles. The number of hydrogen-bond acceptors (Lipinski definition) is 4. The Morgan fingerprint density at radius 3 is 2.03 bits per heavy atom. The van der Waals surface area contributed by atoms with Crippen molar-refractivity contribution in [2.24, 2.45) is 0 Å². The van der Waals surface area contributed by atoms with Crippen LogP contribution in [-0.4, -0.2) is 20.8 Å². The maximum Gasteiger partial charge on any atom is 0.269 e. The molecule has 0 radical (unpaired) electrons. The first kappa shape index (κ1) is 34.5. The third kappa shape index (κ3) is 5.37. The highest BCUT2D eigenvalue weighted by Crippen LogP contribution is 2.38. The second-order valence-corrected chi connectivity index (χ2v) is 16.6. The fourth-order valence-electron chi connectivity index (χ4n) is 9.04. The largest absolute Gasteiger partial charge is 0.459 e. The van der Waals surface area contributed by atoms with Crippen LogP contribution < -0.4 is 35.2 Å². The van der Waals surface area contributed by atoms with Crippen molar-refractivity contribution >= 4 is 55.9 Å². The van der Waals surface area contributed by atoms with E-state index in [1.54, 1.807) is 0 Å². The van der Waals surface area contributed by atoms with Gasteiger partial charge in [0.05, 0.1) is 33.4 Å². The minimum Gasteiger partial charge on any atom is -0.459 e. The first-order chi connectivity index (χ1) is 29.4. The predicted molar refractivity (Wildman–Crippen MR) is 239 cm³/mol. The Hall–Kier alpha value is -7.58. The van der Waals surface area contributed by atoms with Crippen molar-refractivity contribution in [3.05, 3.63) is 182 Å². The molecule has 0 fully saturated rings. The Kier molecular flexibility index (Phi) is 7.45. The van der Waals surface area contributed by atoms with Gasteiger partial charge >= 0.3 is 0 Å². The predicted octanol–water partition coefficient (Wildman–Crippen LogP) is 10.0. The van der Waals surface area contributed by atoms with E-state index in [0.717, 1.165) is 89.8 Å². The number of nitrogens with zero attached hydrogens (tertiary/aromatic N) is 4. The molecule has 0 atom stereocenters. The molecule has 8 heteroatoms. The van der Waals surface area contributed by atoms with Gasteiger partial charge in [-0.15, -0.1) is 0 Å². The van der Waals surface area contributed by atoms with E-state index in [1.807, 2.05) is 48.7 Å². The number of aromatic nitrogens is 4. The summed E-state index contributed by atoms with van der Waals surface area (Å²) in [4.78, 5) is 4.86. The SMILES string of the molecule is CC(C)(C)c1ccnc(-n2c3ccccc3c3ccc(Oc4cccc(-n5[c-][n+](-c6cc7c8c(c6)Oc6ccccc6B8c6ccccc6O7)c6ccccc65)c4)cc32)c1. The van der Waals surface area contributed by atoms with Crippen LogP contribution in [0.25, 0.3) is 50.0 Å². The van der Waals surface area contributed by atoms with Crippen LogP contribution in [0.2, 0.25) is 0 Å². The molecule has 286 valence electrons. The summed E-state index contributed by atoms with van der Waals surface area (Å²) in [7, 11) is 0. The average molecular weight is 777 g/mol. The quantitative estimate of drug-likeness (QED) is 0.0993. The van der Waals surface area contributed by atoms with E-state index in [1.165, 1.54) is 10.9 Å². The second-order valence-electron chi connectivity index (χ2n) is 16.6. The number of para-hydroxylation sites is 5. The van der Waals surface area contributed by atoms with E-state index < -0.39 is 0 Å². The first-order valence-corrected chi connectivity index (χ1v) is 20.3. The van der Waals surface area contributed by atoms with Gasteiger partial charge in [-0.1, -0.05) is 106 Å². The second kappa shape index (κ2) is 13.0. The van der Waals surface area contributed by atoms with Crippen LogP contribution in [0, 0.1) is 6.33 Å². The van der Waals surface area contributed by atoms with E-state index >= 15 is 0 Å². The number of fused-ring (bicyclic) bond motifs is 8. The van der Waals surface area contributed by atoms with Crippen molar-refractivity contribution in [1.82, 2.24) is 14.1 Å². The molecule has 10 aromatic rings. The minimum atomic E-state index is -0.0136. The summed E-state index contributed by atoms with van der Waals surface area (Å²) in [5.74, 6) is 5.60. The third-order valence-electron chi connectivity index (χ3n) is 11.9. The Morgan fingerprint density at radius 1 is 0.600 bits per heavy atom. The van der Waals surface area contributed by atoms with E-state index in [0.29, 0.717) is 5.75 Å². The van der Waals surface area contributed by atoms with Crippen molar-refractivity contribution in [3.63, 3.8) is 0 Å². The van der Waals surface area contributed by atoms with Crippen LogP contribution in [0.5, 0.6) is 34.5 Å². The average Bonchev–Trinajstić information content (AvgIpc) is 3.82. The molecular weight excluding hydrogens is 739 g/mol. The van der Waals surface area contributed by atoms with E-state index in [2.05, 4.69) is 162 Å². The van der Waals surface area contributed by atoms with Crippen molar-refractivity contribution in [2.45, 2.75) is 26.2 Å². The van der Waals surface area contributed by atoms with Crippen LogP contribution in [0.1, 0.15) is 26.3 Å². The van der Waals surface area contributed by atoms with Crippen LogP contribution >= 0.6 is 0 Å². The zero-order valence-corrected chi connectivity index (χ0v) is 33.3. The van der Waals surface area contributed by atoms with Gasteiger partial charge in [0.25, 0.3) is 13.0 Å². The third-order valence-corrected chi connectivity index (χ3v) is 11.9. The molecule has 0 unspecified atom stereocenters. The lowest BCUT2D eigenvalue weighted by atomic mass is 9.35.